The molecule has 26 heavy (non-hydrogen) atoms. The van der Waals surface area contributed by atoms with Gasteiger partial charge in [-0.05, 0) is 44.0 Å². The monoisotopic (exact) mass is 357 g/mol. The van der Waals surface area contributed by atoms with Crippen LogP contribution in [0.3, 0.4) is 0 Å². The molecule has 2 atom stereocenters. The van der Waals surface area contributed by atoms with Crippen LogP contribution in [0.15, 0.2) is 54.6 Å². The Labute approximate surface area is 151 Å². The lowest BCUT2D eigenvalue weighted by molar-refractivity contribution is -0.162. The molecule has 0 radical (unpaired) electrons. The van der Waals surface area contributed by atoms with Crippen LogP contribution in [0.1, 0.15) is 31.4 Å². The summed E-state index contributed by atoms with van der Waals surface area (Å²) in [5, 5.41) is 2.85. The van der Waals surface area contributed by atoms with Crippen molar-refractivity contribution in [3.05, 3.63) is 66.0 Å². The van der Waals surface area contributed by atoms with Gasteiger partial charge in [-0.1, -0.05) is 30.3 Å². The summed E-state index contributed by atoms with van der Waals surface area (Å²) < 4.78 is 23.9. The molecule has 1 aliphatic carbocycles. The van der Waals surface area contributed by atoms with Gasteiger partial charge in [0.1, 0.15) is 11.6 Å². The number of hydrogen-bond acceptors (Lipinski definition) is 4. The summed E-state index contributed by atoms with van der Waals surface area (Å²) in [5.41, 5.74) is 0.591. The van der Waals surface area contributed by atoms with Crippen molar-refractivity contribution in [2.24, 2.45) is 0 Å². The highest BCUT2D eigenvalue weighted by atomic mass is 19.1. The van der Waals surface area contributed by atoms with Crippen LogP contribution in [0.25, 0.3) is 0 Å². The van der Waals surface area contributed by atoms with Gasteiger partial charge in [0, 0.05) is 11.6 Å². The number of esters is 1. The Morgan fingerprint density at radius 2 is 1.73 bits per heavy atom. The predicted molar refractivity (Wildman–Crippen MR) is 92.9 cm³/mol. The zero-order valence-electron chi connectivity index (χ0n) is 14.4. The molecule has 0 saturated heterocycles. The largest absolute Gasteiger partial charge is 0.479 e. The van der Waals surface area contributed by atoms with Crippen molar-refractivity contribution >= 4 is 11.9 Å². The summed E-state index contributed by atoms with van der Waals surface area (Å²) >= 11 is 0. The molecule has 1 amide bonds. The molecular formula is C20H20FNO4. The lowest BCUT2D eigenvalue weighted by Crippen LogP contribution is -2.36. The summed E-state index contributed by atoms with van der Waals surface area (Å²) in [6.07, 6.45) is -0.111. The fourth-order valence-electron chi connectivity index (χ4n) is 2.38. The first-order valence-electron chi connectivity index (χ1n) is 8.51. The molecule has 0 spiro atoms. The van der Waals surface area contributed by atoms with Gasteiger partial charge >= 0.3 is 5.97 Å². The Morgan fingerprint density at radius 3 is 2.35 bits per heavy atom. The molecule has 0 unspecified atom stereocenters. The molecule has 6 heteroatoms. The second-order valence-corrected chi connectivity index (χ2v) is 6.22. The number of nitrogens with one attached hydrogen (secondary N) is 1. The van der Waals surface area contributed by atoms with Crippen molar-refractivity contribution in [2.45, 2.75) is 38.0 Å². The fourth-order valence-corrected chi connectivity index (χ4v) is 2.38. The summed E-state index contributed by atoms with van der Waals surface area (Å²) in [7, 11) is 0. The van der Waals surface area contributed by atoms with Crippen LogP contribution in [0.4, 0.5) is 4.39 Å². The summed E-state index contributed by atoms with van der Waals surface area (Å²) in [6.45, 7) is 1.52. The first-order chi connectivity index (χ1) is 12.5. The van der Waals surface area contributed by atoms with Crippen molar-refractivity contribution in [1.29, 1.82) is 0 Å². The second-order valence-electron chi connectivity index (χ2n) is 6.22. The summed E-state index contributed by atoms with van der Waals surface area (Å²) in [5.74, 6) is -1.07. The average molecular weight is 357 g/mol. The quantitative estimate of drug-likeness (QED) is 0.773. The van der Waals surface area contributed by atoms with E-state index in [4.69, 9.17) is 9.47 Å². The Balaban J connectivity index is 1.67. The Morgan fingerprint density at radius 1 is 1.08 bits per heavy atom. The normalized spacial score (nSPS) is 15.6. The van der Waals surface area contributed by atoms with Crippen molar-refractivity contribution in [1.82, 2.24) is 5.32 Å². The van der Waals surface area contributed by atoms with Gasteiger partial charge in [0.2, 0.25) is 6.10 Å². The minimum Gasteiger partial charge on any atom is -0.479 e. The molecule has 2 aromatic rings. The van der Waals surface area contributed by atoms with Crippen LogP contribution < -0.4 is 10.1 Å². The molecule has 0 aliphatic heterocycles. The molecule has 1 aliphatic rings. The van der Waals surface area contributed by atoms with E-state index >= 15 is 0 Å². The number of carbonyl (C=O) groups excluding carboxylic acids is 2. The third kappa shape index (κ3) is 4.81. The van der Waals surface area contributed by atoms with Gasteiger partial charge < -0.3 is 14.8 Å². The van der Waals surface area contributed by atoms with Crippen LogP contribution >= 0.6 is 0 Å². The van der Waals surface area contributed by atoms with E-state index in [1.165, 1.54) is 31.2 Å². The number of ether oxygens (including phenoxy) is 2. The number of benzene rings is 2. The molecule has 1 saturated carbocycles. The highest BCUT2D eigenvalue weighted by Gasteiger charge is 2.32. The smallest absolute Gasteiger partial charge is 0.348 e. The zero-order valence-corrected chi connectivity index (χ0v) is 14.4. The van der Waals surface area contributed by atoms with Crippen molar-refractivity contribution < 1.29 is 23.5 Å². The number of carbonyl (C=O) groups is 2. The molecule has 0 aromatic heterocycles. The molecule has 5 nitrogen and oxygen atoms in total. The molecule has 136 valence electrons. The molecule has 2 aromatic carbocycles. The minimum atomic E-state index is -1.04. The molecule has 0 bridgehead atoms. The number of amides is 1. The Hall–Kier alpha value is -2.89. The molecule has 0 heterocycles. The maximum Gasteiger partial charge on any atom is 0.348 e. The van der Waals surface area contributed by atoms with E-state index in [2.05, 4.69) is 5.32 Å². The molecule has 1 N–H and O–H groups in total. The first-order valence-corrected chi connectivity index (χ1v) is 8.51. The zero-order chi connectivity index (χ0) is 18.5. The lowest BCUT2D eigenvalue weighted by Gasteiger charge is -2.20. The van der Waals surface area contributed by atoms with Gasteiger partial charge in [-0.2, -0.15) is 0 Å². The van der Waals surface area contributed by atoms with Crippen LogP contribution in [-0.4, -0.2) is 24.0 Å². The Kier molecular flexibility index (Phi) is 5.51. The van der Waals surface area contributed by atoms with E-state index in [0.717, 1.165) is 12.8 Å². The van der Waals surface area contributed by atoms with E-state index in [1.807, 2.05) is 6.07 Å². The van der Waals surface area contributed by atoms with Crippen molar-refractivity contribution in [3.8, 4) is 5.75 Å². The summed E-state index contributed by atoms with van der Waals surface area (Å²) in [4.78, 5) is 24.9. The SMILES string of the molecule is C[C@@H](Oc1ccc(F)cc1)C(=O)O[C@H](C(=O)NC1CC1)c1ccccc1. The standard InChI is InChI=1S/C20H20FNO4/c1-13(25-17-11-7-15(21)8-12-17)20(24)26-18(14-5-3-2-4-6-14)19(23)22-16-9-10-16/h2-8,11-13,16,18H,9-10H2,1H3,(H,22,23)/t13-,18+/m1/s1. The van der Waals surface area contributed by atoms with Gasteiger partial charge in [-0.15, -0.1) is 0 Å². The van der Waals surface area contributed by atoms with Gasteiger partial charge in [0.25, 0.3) is 5.91 Å². The van der Waals surface area contributed by atoms with Crippen LogP contribution in [0, 0.1) is 5.82 Å². The maximum absolute atomic E-state index is 12.9. The van der Waals surface area contributed by atoms with E-state index in [0.29, 0.717) is 11.3 Å². The number of halogens is 1. The van der Waals surface area contributed by atoms with Crippen LogP contribution in [0.5, 0.6) is 5.75 Å². The number of rotatable bonds is 7. The predicted octanol–water partition coefficient (Wildman–Crippen LogP) is 3.16. The van der Waals surface area contributed by atoms with E-state index < -0.39 is 24.0 Å². The van der Waals surface area contributed by atoms with Crippen LogP contribution in [-0.2, 0) is 14.3 Å². The fraction of sp³-hybridized carbons (Fsp3) is 0.300. The number of hydrogen-bond donors (Lipinski definition) is 1. The van der Waals surface area contributed by atoms with Crippen molar-refractivity contribution in [2.75, 3.05) is 0 Å². The third-order valence-corrected chi connectivity index (χ3v) is 3.96. The summed E-state index contributed by atoms with van der Waals surface area (Å²) in [6, 6.07) is 14.3. The van der Waals surface area contributed by atoms with Crippen LogP contribution in [0.2, 0.25) is 0 Å². The lowest BCUT2D eigenvalue weighted by atomic mass is 10.1. The Bertz CT molecular complexity index is 759. The average Bonchev–Trinajstić information content (AvgIpc) is 3.46. The molecule has 3 rings (SSSR count). The van der Waals surface area contributed by atoms with E-state index in [-0.39, 0.29) is 11.9 Å². The van der Waals surface area contributed by atoms with E-state index in [9.17, 15) is 14.0 Å². The third-order valence-electron chi connectivity index (χ3n) is 3.96. The highest BCUT2D eigenvalue weighted by molar-refractivity contribution is 5.86. The minimum absolute atomic E-state index is 0.153. The van der Waals surface area contributed by atoms with Gasteiger partial charge in [-0.3, -0.25) is 4.79 Å². The second kappa shape index (κ2) is 7.99. The van der Waals surface area contributed by atoms with Gasteiger partial charge in [0.05, 0.1) is 0 Å². The topological polar surface area (TPSA) is 64.6 Å². The molecule has 1 fully saturated rings. The maximum atomic E-state index is 12.9. The van der Waals surface area contributed by atoms with Crippen molar-refractivity contribution in [3.63, 3.8) is 0 Å². The van der Waals surface area contributed by atoms with Gasteiger partial charge in [0.15, 0.2) is 6.10 Å². The van der Waals surface area contributed by atoms with E-state index in [1.54, 1.807) is 24.3 Å². The highest BCUT2D eigenvalue weighted by Crippen LogP contribution is 2.24. The first kappa shape index (κ1) is 17.9. The van der Waals surface area contributed by atoms with Gasteiger partial charge in [-0.25, -0.2) is 9.18 Å². The molecular weight excluding hydrogens is 337 g/mol.